The molecule has 4 heteroatoms. The highest BCUT2D eigenvalue weighted by atomic mass is 79.9. The van der Waals surface area contributed by atoms with Gasteiger partial charge in [-0.2, -0.15) is 0 Å². The lowest BCUT2D eigenvalue weighted by Crippen LogP contribution is -2.15. The molecular weight excluding hydrogens is 302 g/mol. The van der Waals surface area contributed by atoms with Crippen molar-refractivity contribution in [2.75, 3.05) is 20.6 Å². The third kappa shape index (κ3) is 2.38. The second kappa shape index (κ2) is 4.94. The number of nitrogens with one attached hydrogen (secondary N) is 1. The van der Waals surface area contributed by atoms with Gasteiger partial charge in [0.05, 0.1) is 11.2 Å². The summed E-state index contributed by atoms with van der Waals surface area (Å²) in [6.45, 7) is 1.01. The van der Waals surface area contributed by atoms with Crippen molar-refractivity contribution in [1.29, 1.82) is 0 Å². The molecule has 0 aliphatic carbocycles. The van der Waals surface area contributed by atoms with Crippen LogP contribution in [0.1, 0.15) is 5.69 Å². The molecule has 0 aliphatic heterocycles. The van der Waals surface area contributed by atoms with E-state index in [4.69, 9.17) is 0 Å². The van der Waals surface area contributed by atoms with Crippen LogP contribution in [-0.2, 0) is 6.42 Å². The van der Waals surface area contributed by atoms with E-state index in [1.54, 1.807) is 0 Å². The van der Waals surface area contributed by atoms with Gasteiger partial charge in [0.15, 0.2) is 0 Å². The lowest BCUT2D eigenvalue weighted by atomic mass is 10.1. The van der Waals surface area contributed by atoms with Gasteiger partial charge in [0, 0.05) is 39.9 Å². The predicted octanol–water partition coefficient (Wildman–Crippen LogP) is 3.58. The third-order valence-corrected chi connectivity index (χ3v) is 3.85. The van der Waals surface area contributed by atoms with Crippen LogP contribution in [0.5, 0.6) is 0 Å². The molecule has 3 rings (SSSR count). The summed E-state index contributed by atoms with van der Waals surface area (Å²) >= 11 is 3.52. The molecule has 0 atom stereocenters. The average molecular weight is 318 g/mol. The Morgan fingerprint density at radius 3 is 2.84 bits per heavy atom. The molecule has 3 aromatic rings. The molecule has 98 valence electrons. The summed E-state index contributed by atoms with van der Waals surface area (Å²) in [5.41, 5.74) is 3.46. The topological polar surface area (TPSA) is 31.9 Å². The molecule has 19 heavy (non-hydrogen) atoms. The Morgan fingerprint density at radius 1 is 1.21 bits per heavy atom. The summed E-state index contributed by atoms with van der Waals surface area (Å²) in [6.07, 6.45) is 2.86. The molecule has 0 saturated carbocycles. The molecule has 0 radical (unpaired) electrons. The summed E-state index contributed by atoms with van der Waals surface area (Å²) in [7, 11) is 4.17. The molecule has 0 bridgehead atoms. The SMILES string of the molecule is CN(C)CCc1nccc2c1[nH]c1cc(Br)ccc12. The summed E-state index contributed by atoms with van der Waals surface area (Å²) in [4.78, 5) is 10.2. The van der Waals surface area contributed by atoms with Crippen LogP contribution in [-0.4, -0.2) is 35.5 Å². The molecule has 0 amide bonds. The van der Waals surface area contributed by atoms with Crippen molar-refractivity contribution >= 4 is 37.7 Å². The van der Waals surface area contributed by atoms with Gasteiger partial charge >= 0.3 is 0 Å². The maximum Gasteiger partial charge on any atom is 0.0684 e. The molecule has 3 nitrogen and oxygen atoms in total. The number of likely N-dealkylation sites (N-methyl/N-ethyl adjacent to an activating group) is 1. The zero-order chi connectivity index (χ0) is 13.4. The first-order chi connectivity index (χ1) is 9.15. The summed E-state index contributed by atoms with van der Waals surface area (Å²) in [6, 6.07) is 8.43. The Morgan fingerprint density at radius 2 is 2.05 bits per heavy atom. The molecule has 1 aromatic carbocycles. The van der Waals surface area contributed by atoms with E-state index in [9.17, 15) is 0 Å². The van der Waals surface area contributed by atoms with Crippen LogP contribution >= 0.6 is 15.9 Å². The Balaban J connectivity index is 2.16. The molecule has 2 aromatic heterocycles. The van der Waals surface area contributed by atoms with Gasteiger partial charge in [-0.25, -0.2) is 0 Å². The van der Waals surface area contributed by atoms with E-state index in [1.165, 1.54) is 10.8 Å². The van der Waals surface area contributed by atoms with Gasteiger partial charge in [-0.3, -0.25) is 4.98 Å². The van der Waals surface area contributed by atoms with Crippen LogP contribution < -0.4 is 0 Å². The molecule has 0 aliphatic rings. The fourth-order valence-corrected chi connectivity index (χ4v) is 2.74. The maximum atomic E-state index is 4.53. The first-order valence-corrected chi connectivity index (χ1v) is 7.14. The number of aromatic amines is 1. The second-order valence-corrected chi connectivity index (χ2v) is 5.96. The minimum atomic E-state index is 0.957. The van der Waals surface area contributed by atoms with Gasteiger partial charge < -0.3 is 9.88 Å². The number of benzene rings is 1. The summed E-state index contributed by atoms with van der Waals surface area (Å²) in [5, 5.41) is 2.51. The van der Waals surface area contributed by atoms with E-state index in [1.807, 2.05) is 6.20 Å². The Hall–Kier alpha value is -1.39. The predicted molar refractivity (Wildman–Crippen MR) is 83.6 cm³/mol. The van der Waals surface area contributed by atoms with Crippen molar-refractivity contribution < 1.29 is 0 Å². The number of H-pyrrole nitrogens is 1. The molecular formula is C15H16BrN3. The minimum absolute atomic E-state index is 0.957. The molecule has 0 fully saturated rings. The molecule has 1 N–H and O–H groups in total. The fraction of sp³-hybridized carbons (Fsp3) is 0.267. The van der Waals surface area contributed by atoms with E-state index in [2.05, 4.69) is 69.2 Å². The number of halogens is 1. The van der Waals surface area contributed by atoms with E-state index in [0.29, 0.717) is 0 Å². The van der Waals surface area contributed by atoms with Gasteiger partial charge in [0.1, 0.15) is 0 Å². The summed E-state index contributed by atoms with van der Waals surface area (Å²) < 4.78 is 1.09. The van der Waals surface area contributed by atoms with Crippen molar-refractivity contribution in [3.05, 3.63) is 40.6 Å². The standard InChI is InChI=1S/C15H16BrN3/c1-19(2)8-6-13-15-12(5-7-17-13)11-4-3-10(16)9-14(11)18-15/h3-5,7,9,18H,6,8H2,1-2H3. The van der Waals surface area contributed by atoms with Crippen molar-refractivity contribution in [1.82, 2.24) is 14.9 Å². The molecule has 0 saturated heterocycles. The lowest BCUT2D eigenvalue weighted by molar-refractivity contribution is 0.412. The number of rotatable bonds is 3. The highest BCUT2D eigenvalue weighted by Gasteiger charge is 2.09. The molecule has 0 spiro atoms. The largest absolute Gasteiger partial charge is 0.353 e. The van der Waals surface area contributed by atoms with Crippen molar-refractivity contribution in [3.63, 3.8) is 0 Å². The first kappa shape index (κ1) is 12.6. The summed E-state index contributed by atoms with van der Waals surface area (Å²) in [5.74, 6) is 0. The molecule has 0 unspecified atom stereocenters. The van der Waals surface area contributed by atoms with Crippen LogP contribution in [0.3, 0.4) is 0 Å². The van der Waals surface area contributed by atoms with Crippen LogP contribution in [0.4, 0.5) is 0 Å². The van der Waals surface area contributed by atoms with Crippen molar-refractivity contribution in [2.24, 2.45) is 0 Å². The quantitative estimate of drug-likeness (QED) is 0.800. The van der Waals surface area contributed by atoms with E-state index < -0.39 is 0 Å². The monoisotopic (exact) mass is 317 g/mol. The van der Waals surface area contributed by atoms with Gasteiger partial charge in [0.2, 0.25) is 0 Å². The Kier molecular flexibility index (Phi) is 3.29. The fourth-order valence-electron chi connectivity index (χ4n) is 2.38. The number of hydrogen-bond donors (Lipinski definition) is 1. The van der Waals surface area contributed by atoms with E-state index >= 15 is 0 Å². The van der Waals surface area contributed by atoms with Gasteiger partial charge in [-0.1, -0.05) is 22.0 Å². The Labute approximate surface area is 120 Å². The number of hydrogen-bond acceptors (Lipinski definition) is 2. The van der Waals surface area contributed by atoms with Crippen molar-refractivity contribution in [2.45, 2.75) is 6.42 Å². The molecule has 2 heterocycles. The highest BCUT2D eigenvalue weighted by molar-refractivity contribution is 9.10. The lowest BCUT2D eigenvalue weighted by Gasteiger charge is -2.08. The third-order valence-electron chi connectivity index (χ3n) is 3.36. The zero-order valence-corrected chi connectivity index (χ0v) is 12.7. The number of fused-ring (bicyclic) bond motifs is 3. The average Bonchev–Trinajstić information content (AvgIpc) is 2.74. The van der Waals surface area contributed by atoms with Crippen LogP contribution in [0.25, 0.3) is 21.8 Å². The van der Waals surface area contributed by atoms with Gasteiger partial charge in [-0.15, -0.1) is 0 Å². The normalized spacial score (nSPS) is 11.8. The van der Waals surface area contributed by atoms with E-state index in [-0.39, 0.29) is 0 Å². The maximum absolute atomic E-state index is 4.53. The number of nitrogens with zero attached hydrogens (tertiary/aromatic N) is 2. The smallest absolute Gasteiger partial charge is 0.0684 e. The van der Waals surface area contributed by atoms with Gasteiger partial charge in [-0.05, 0) is 32.3 Å². The minimum Gasteiger partial charge on any atom is -0.353 e. The highest BCUT2D eigenvalue weighted by Crippen LogP contribution is 2.28. The zero-order valence-electron chi connectivity index (χ0n) is 11.1. The Bertz CT molecular complexity index is 731. The number of pyridine rings is 1. The number of aromatic nitrogens is 2. The second-order valence-electron chi connectivity index (χ2n) is 5.05. The van der Waals surface area contributed by atoms with Gasteiger partial charge in [0.25, 0.3) is 0 Å². The van der Waals surface area contributed by atoms with Crippen LogP contribution in [0.15, 0.2) is 34.9 Å². The van der Waals surface area contributed by atoms with E-state index in [0.717, 1.165) is 34.2 Å². The van der Waals surface area contributed by atoms with Crippen LogP contribution in [0, 0.1) is 0 Å². The van der Waals surface area contributed by atoms with Crippen molar-refractivity contribution in [3.8, 4) is 0 Å². The van der Waals surface area contributed by atoms with Crippen LogP contribution in [0.2, 0.25) is 0 Å². The first-order valence-electron chi connectivity index (χ1n) is 6.35.